The predicted octanol–water partition coefficient (Wildman–Crippen LogP) is 0.853. The summed E-state index contributed by atoms with van der Waals surface area (Å²) in [6.45, 7) is 4.05. The molecule has 1 N–H and O–H groups in total. The van der Waals surface area contributed by atoms with E-state index in [1.54, 1.807) is 0 Å². The van der Waals surface area contributed by atoms with Gasteiger partial charge in [-0.1, -0.05) is 6.92 Å². The lowest BCUT2D eigenvalue weighted by Gasteiger charge is -2.36. The zero-order valence-corrected chi connectivity index (χ0v) is 6.93. The van der Waals surface area contributed by atoms with E-state index in [0.29, 0.717) is 0 Å². The quantitative estimate of drug-likeness (QED) is 0.588. The lowest BCUT2D eigenvalue weighted by molar-refractivity contribution is -0.0256. The third kappa shape index (κ3) is 1.70. The Morgan fingerprint density at radius 2 is 2.30 bits per heavy atom. The van der Waals surface area contributed by atoms with Crippen molar-refractivity contribution in [3.63, 3.8) is 0 Å². The number of aliphatic hydroxyl groups is 1. The van der Waals surface area contributed by atoms with E-state index in [2.05, 4.69) is 18.9 Å². The van der Waals surface area contributed by atoms with E-state index >= 15 is 0 Å². The topological polar surface area (TPSA) is 23.5 Å². The smallest absolute Gasteiger partial charge is 0.0771 e. The van der Waals surface area contributed by atoms with Gasteiger partial charge >= 0.3 is 0 Å². The average molecular weight is 143 g/mol. The molecule has 1 saturated heterocycles. The number of β-amino-alcohol motifs (C(OH)–C–C–N with tert-alkyl or cyclic N) is 1. The fourth-order valence-electron chi connectivity index (χ4n) is 1.63. The highest BCUT2D eigenvalue weighted by Gasteiger charge is 2.29. The largest absolute Gasteiger partial charge is 0.389 e. The molecule has 2 heteroatoms. The Bertz CT molecular complexity index is 116. The lowest BCUT2D eigenvalue weighted by atomic mass is 9.91. The fourth-order valence-corrected chi connectivity index (χ4v) is 1.63. The summed E-state index contributed by atoms with van der Waals surface area (Å²) in [6, 6.07) is 0. The van der Waals surface area contributed by atoms with Gasteiger partial charge in [0.15, 0.2) is 0 Å². The molecule has 1 aliphatic heterocycles. The Morgan fingerprint density at radius 1 is 1.60 bits per heavy atom. The second-order valence-electron chi connectivity index (χ2n) is 3.42. The number of hydrogen-bond donors (Lipinski definition) is 1. The summed E-state index contributed by atoms with van der Waals surface area (Å²) < 4.78 is 0. The molecule has 0 unspecified atom stereocenters. The third-order valence-corrected chi connectivity index (χ3v) is 2.40. The van der Waals surface area contributed by atoms with E-state index in [9.17, 15) is 5.11 Å². The summed E-state index contributed by atoms with van der Waals surface area (Å²) in [5, 5.41) is 9.81. The van der Waals surface area contributed by atoms with E-state index < -0.39 is 0 Å². The summed E-state index contributed by atoms with van der Waals surface area (Å²) in [6.07, 6.45) is 3.01. The lowest BCUT2D eigenvalue weighted by Crippen LogP contribution is -2.45. The van der Waals surface area contributed by atoms with Gasteiger partial charge in [0.1, 0.15) is 0 Å². The molecule has 60 valence electrons. The van der Waals surface area contributed by atoms with Crippen LogP contribution in [-0.4, -0.2) is 35.7 Å². The minimum absolute atomic E-state index is 0.382. The van der Waals surface area contributed by atoms with Crippen molar-refractivity contribution in [1.29, 1.82) is 0 Å². The first-order valence-corrected chi connectivity index (χ1v) is 4.07. The summed E-state index contributed by atoms with van der Waals surface area (Å²) in [7, 11) is 2.07. The standard InChI is InChI=1S/C8H17NO/c1-3-8(10)5-4-6-9(2)7-8/h10H,3-7H2,1-2H3/t8-/m1/s1. The van der Waals surface area contributed by atoms with E-state index in [4.69, 9.17) is 0 Å². The highest BCUT2D eigenvalue weighted by Crippen LogP contribution is 2.22. The molecule has 2 nitrogen and oxygen atoms in total. The molecule has 0 amide bonds. The Kier molecular flexibility index (Phi) is 2.32. The van der Waals surface area contributed by atoms with Gasteiger partial charge in [-0.15, -0.1) is 0 Å². The number of hydrogen-bond acceptors (Lipinski definition) is 2. The minimum atomic E-state index is -0.382. The molecule has 0 aromatic heterocycles. The van der Waals surface area contributed by atoms with Gasteiger partial charge in [0.25, 0.3) is 0 Å². The van der Waals surface area contributed by atoms with Crippen molar-refractivity contribution in [2.75, 3.05) is 20.1 Å². The second-order valence-corrected chi connectivity index (χ2v) is 3.42. The first kappa shape index (κ1) is 8.02. The van der Waals surface area contributed by atoms with Gasteiger partial charge in [-0.25, -0.2) is 0 Å². The molecule has 0 bridgehead atoms. The molecule has 0 spiro atoms. The molecule has 1 atom stereocenters. The molecule has 1 heterocycles. The van der Waals surface area contributed by atoms with Crippen LogP contribution in [0.25, 0.3) is 0 Å². The molecule has 0 aliphatic carbocycles. The number of rotatable bonds is 1. The van der Waals surface area contributed by atoms with Crippen molar-refractivity contribution in [3.05, 3.63) is 0 Å². The van der Waals surface area contributed by atoms with Crippen LogP contribution < -0.4 is 0 Å². The molecule has 0 radical (unpaired) electrons. The van der Waals surface area contributed by atoms with Gasteiger partial charge in [0.05, 0.1) is 5.60 Å². The number of piperidine rings is 1. The summed E-state index contributed by atoms with van der Waals surface area (Å²) >= 11 is 0. The monoisotopic (exact) mass is 143 g/mol. The highest BCUT2D eigenvalue weighted by atomic mass is 16.3. The first-order valence-electron chi connectivity index (χ1n) is 4.07. The van der Waals surface area contributed by atoms with Crippen LogP contribution in [0.15, 0.2) is 0 Å². The van der Waals surface area contributed by atoms with Crippen LogP contribution in [0, 0.1) is 0 Å². The Balaban J connectivity index is 2.45. The van der Waals surface area contributed by atoms with Crippen LogP contribution in [-0.2, 0) is 0 Å². The average Bonchev–Trinajstić information content (AvgIpc) is 1.88. The van der Waals surface area contributed by atoms with Crippen LogP contribution >= 0.6 is 0 Å². The maximum absolute atomic E-state index is 9.81. The number of likely N-dealkylation sites (N-methyl/N-ethyl adjacent to an activating group) is 1. The normalized spacial score (nSPS) is 36.3. The molecule has 1 aliphatic rings. The molecule has 1 fully saturated rings. The Morgan fingerprint density at radius 3 is 2.70 bits per heavy atom. The molecular formula is C8H17NO. The van der Waals surface area contributed by atoms with Crippen LogP contribution in [0.5, 0.6) is 0 Å². The number of nitrogens with zero attached hydrogens (tertiary/aromatic N) is 1. The fraction of sp³-hybridized carbons (Fsp3) is 1.00. The highest BCUT2D eigenvalue weighted by molar-refractivity contribution is 4.84. The van der Waals surface area contributed by atoms with Gasteiger partial charge in [-0.05, 0) is 32.9 Å². The maximum Gasteiger partial charge on any atom is 0.0771 e. The van der Waals surface area contributed by atoms with Gasteiger partial charge < -0.3 is 10.0 Å². The van der Waals surface area contributed by atoms with Gasteiger partial charge in [0, 0.05) is 6.54 Å². The zero-order chi connectivity index (χ0) is 7.61. The van der Waals surface area contributed by atoms with E-state index in [0.717, 1.165) is 32.4 Å². The van der Waals surface area contributed by atoms with Crippen molar-refractivity contribution in [1.82, 2.24) is 4.90 Å². The van der Waals surface area contributed by atoms with E-state index in [1.807, 2.05) is 0 Å². The minimum Gasteiger partial charge on any atom is -0.389 e. The third-order valence-electron chi connectivity index (χ3n) is 2.40. The summed E-state index contributed by atoms with van der Waals surface area (Å²) in [5.41, 5.74) is -0.382. The molecule has 1 rings (SSSR count). The van der Waals surface area contributed by atoms with Crippen molar-refractivity contribution >= 4 is 0 Å². The molecule has 0 aromatic carbocycles. The summed E-state index contributed by atoms with van der Waals surface area (Å²) in [4.78, 5) is 2.20. The summed E-state index contributed by atoms with van der Waals surface area (Å²) in [5.74, 6) is 0. The van der Waals surface area contributed by atoms with Crippen LogP contribution in [0.1, 0.15) is 26.2 Å². The van der Waals surface area contributed by atoms with Crippen LogP contribution in [0.3, 0.4) is 0 Å². The molecule has 0 aromatic rings. The second kappa shape index (κ2) is 2.89. The molecule has 10 heavy (non-hydrogen) atoms. The zero-order valence-electron chi connectivity index (χ0n) is 6.93. The van der Waals surface area contributed by atoms with Gasteiger partial charge in [-0.2, -0.15) is 0 Å². The van der Waals surface area contributed by atoms with Crippen LogP contribution in [0.2, 0.25) is 0 Å². The van der Waals surface area contributed by atoms with Crippen molar-refractivity contribution in [3.8, 4) is 0 Å². The van der Waals surface area contributed by atoms with Gasteiger partial charge in [0.2, 0.25) is 0 Å². The Labute approximate surface area is 62.8 Å². The molecule has 0 saturated carbocycles. The maximum atomic E-state index is 9.81. The molecular weight excluding hydrogens is 126 g/mol. The SMILES string of the molecule is CC[C@@]1(O)CCCN(C)C1. The van der Waals surface area contributed by atoms with Crippen LogP contribution in [0.4, 0.5) is 0 Å². The first-order chi connectivity index (χ1) is 4.66. The predicted molar refractivity (Wildman–Crippen MR) is 42.0 cm³/mol. The van der Waals surface area contributed by atoms with Crippen molar-refractivity contribution in [2.24, 2.45) is 0 Å². The van der Waals surface area contributed by atoms with E-state index in [1.165, 1.54) is 0 Å². The van der Waals surface area contributed by atoms with Gasteiger partial charge in [-0.3, -0.25) is 0 Å². The Hall–Kier alpha value is -0.0800. The van der Waals surface area contributed by atoms with Crippen molar-refractivity contribution < 1.29 is 5.11 Å². The van der Waals surface area contributed by atoms with Crippen molar-refractivity contribution in [2.45, 2.75) is 31.8 Å². The van der Waals surface area contributed by atoms with E-state index in [-0.39, 0.29) is 5.60 Å². The number of likely N-dealkylation sites (tertiary alicyclic amines) is 1.